The van der Waals surface area contributed by atoms with Gasteiger partial charge in [-0.15, -0.1) is 11.8 Å². The zero-order chi connectivity index (χ0) is 20.8. The molecule has 0 N–H and O–H groups in total. The van der Waals surface area contributed by atoms with Crippen LogP contribution in [-0.4, -0.2) is 61.4 Å². The Hall–Kier alpha value is -2.19. The van der Waals surface area contributed by atoms with Gasteiger partial charge in [0.2, 0.25) is 0 Å². The monoisotopic (exact) mass is 439 g/mol. The Balaban J connectivity index is 1.57. The number of carbonyl (C=O) groups is 1. The minimum Gasteiger partial charge on any atom is -0.379 e. The number of rotatable bonds is 7. The Kier molecular flexibility index (Phi) is 7.17. The first-order valence-electron chi connectivity index (χ1n) is 10.0. The van der Waals surface area contributed by atoms with Gasteiger partial charge < -0.3 is 4.74 Å². The van der Waals surface area contributed by atoms with E-state index in [2.05, 4.69) is 23.3 Å². The quantitative estimate of drug-likeness (QED) is 0.403. The minimum absolute atomic E-state index is 0.0451. The highest BCUT2D eigenvalue weighted by Crippen LogP contribution is 2.31. The maximum Gasteiger partial charge on any atom is 0.252 e. The molecule has 5 nitrogen and oxygen atoms in total. The van der Waals surface area contributed by atoms with E-state index in [9.17, 15) is 4.79 Å². The van der Waals surface area contributed by atoms with Crippen molar-refractivity contribution in [2.24, 2.45) is 0 Å². The lowest BCUT2D eigenvalue weighted by Gasteiger charge is -2.28. The van der Waals surface area contributed by atoms with Gasteiger partial charge in [-0.25, -0.2) is 4.98 Å². The van der Waals surface area contributed by atoms with Crippen molar-refractivity contribution in [3.63, 3.8) is 0 Å². The lowest BCUT2D eigenvalue weighted by atomic mass is 10.2. The minimum atomic E-state index is -0.0451. The number of thiazole rings is 1. The van der Waals surface area contributed by atoms with E-state index in [1.54, 1.807) is 34.1 Å². The molecule has 0 bridgehead atoms. The van der Waals surface area contributed by atoms with E-state index in [0.29, 0.717) is 6.54 Å². The second-order valence-corrected chi connectivity index (χ2v) is 8.91. The lowest BCUT2D eigenvalue weighted by Crippen LogP contribution is -2.42. The fourth-order valence-corrected chi connectivity index (χ4v) is 4.87. The molecule has 1 aromatic heterocycles. The average molecular weight is 440 g/mol. The number of morpholine rings is 1. The van der Waals surface area contributed by atoms with Crippen LogP contribution in [0.25, 0.3) is 16.3 Å². The molecular formula is C23H25N3O2S2. The molecule has 1 amide bonds. The summed E-state index contributed by atoms with van der Waals surface area (Å²) in [5.74, 6) is -0.0451. The van der Waals surface area contributed by atoms with Crippen LogP contribution in [0, 0.1) is 0 Å². The van der Waals surface area contributed by atoms with Gasteiger partial charge in [0.1, 0.15) is 0 Å². The Bertz CT molecular complexity index is 1010. The summed E-state index contributed by atoms with van der Waals surface area (Å²) >= 11 is 3.29. The van der Waals surface area contributed by atoms with Crippen LogP contribution in [0.2, 0.25) is 0 Å². The highest BCUT2D eigenvalue weighted by molar-refractivity contribution is 7.98. The Morgan fingerprint density at radius 3 is 2.80 bits per heavy atom. The summed E-state index contributed by atoms with van der Waals surface area (Å²) in [5.41, 5.74) is 1.94. The first-order chi connectivity index (χ1) is 14.7. The van der Waals surface area contributed by atoms with Crippen LogP contribution in [0.15, 0.2) is 59.5 Å². The van der Waals surface area contributed by atoms with Crippen molar-refractivity contribution in [1.82, 2.24) is 9.88 Å². The standard InChI is InChI=1S/C23H25N3O2S2/c1-29-19-8-9-20-21(17-19)30-23(24-20)26(12-11-25-13-15-28-16-14-25)22(27)10-7-18-5-3-2-4-6-18/h2-10,17H,11-16H2,1H3. The van der Waals surface area contributed by atoms with Gasteiger partial charge in [0, 0.05) is 37.2 Å². The van der Waals surface area contributed by atoms with E-state index in [1.807, 2.05) is 42.5 Å². The molecule has 2 aromatic carbocycles. The molecule has 4 rings (SSSR count). The molecule has 3 aromatic rings. The van der Waals surface area contributed by atoms with Crippen molar-refractivity contribution < 1.29 is 9.53 Å². The molecule has 1 saturated heterocycles. The fourth-order valence-electron chi connectivity index (χ4n) is 3.32. The SMILES string of the molecule is CSc1ccc2nc(N(CCN3CCOCC3)C(=O)C=Cc3ccccc3)sc2c1. The molecule has 0 atom stereocenters. The second-order valence-electron chi connectivity index (χ2n) is 7.02. The second kappa shape index (κ2) is 10.2. The molecule has 7 heteroatoms. The number of aromatic nitrogens is 1. The summed E-state index contributed by atoms with van der Waals surface area (Å²) < 4.78 is 6.55. The highest BCUT2D eigenvalue weighted by atomic mass is 32.2. The summed E-state index contributed by atoms with van der Waals surface area (Å²) in [6.07, 6.45) is 5.58. The zero-order valence-electron chi connectivity index (χ0n) is 17.0. The summed E-state index contributed by atoms with van der Waals surface area (Å²) in [7, 11) is 0. The Labute approximate surface area is 185 Å². The predicted octanol–water partition coefficient (Wildman–Crippen LogP) is 4.40. The van der Waals surface area contributed by atoms with Crippen LogP contribution in [0.5, 0.6) is 0 Å². The summed E-state index contributed by atoms with van der Waals surface area (Å²) in [4.78, 5) is 23.3. The van der Waals surface area contributed by atoms with Crippen molar-refractivity contribution in [3.8, 4) is 0 Å². The van der Waals surface area contributed by atoms with E-state index in [-0.39, 0.29) is 5.91 Å². The third kappa shape index (κ3) is 5.29. The molecule has 1 aliphatic rings. The normalized spacial score (nSPS) is 15.1. The largest absolute Gasteiger partial charge is 0.379 e. The molecule has 0 aliphatic carbocycles. The van der Waals surface area contributed by atoms with Crippen molar-refractivity contribution in [2.45, 2.75) is 4.90 Å². The van der Waals surface area contributed by atoms with Gasteiger partial charge in [0.05, 0.1) is 23.4 Å². The van der Waals surface area contributed by atoms with Crippen LogP contribution in [0.1, 0.15) is 5.56 Å². The number of hydrogen-bond acceptors (Lipinski definition) is 6. The first-order valence-corrected chi connectivity index (χ1v) is 12.1. The number of hydrogen-bond donors (Lipinski definition) is 0. The summed E-state index contributed by atoms with van der Waals surface area (Å²) in [5, 5.41) is 0.749. The van der Waals surface area contributed by atoms with Gasteiger partial charge in [0.25, 0.3) is 5.91 Å². The van der Waals surface area contributed by atoms with Crippen LogP contribution >= 0.6 is 23.1 Å². The van der Waals surface area contributed by atoms with Crippen LogP contribution in [0.4, 0.5) is 5.13 Å². The Morgan fingerprint density at radius 2 is 2.03 bits per heavy atom. The van der Waals surface area contributed by atoms with Crippen molar-refractivity contribution in [3.05, 3.63) is 60.2 Å². The van der Waals surface area contributed by atoms with E-state index >= 15 is 0 Å². The van der Waals surface area contributed by atoms with E-state index < -0.39 is 0 Å². The number of thioether (sulfide) groups is 1. The van der Waals surface area contributed by atoms with E-state index in [0.717, 1.165) is 53.8 Å². The fraction of sp³-hybridized carbons (Fsp3) is 0.304. The van der Waals surface area contributed by atoms with Gasteiger partial charge in [-0.05, 0) is 36.1 Å². The van der Waals surface area contributed by atoms with Crippen molar-refractivity contribution in [1.29, 1.82) is 0 Å². The van der Waals surface area contributed by atoms with Gasteiger partial charge >= 0.3 is 0 Å². The predicted molar refractivity (Wildman–Crippen MR) is 126 cm³/mol. The molecule has 0 radical (unpaired) electrons. The highest BCUT2D eigenvalue weighted by Gasteiger charge is 2.20. The molecule has 0 unspecified atom stereocenters. The zero-order valence-corrected chi connectivity index (χ0v) is 18.6. The summed E-state index contributed by atoms with van der Waals surface area (Å²) in [6.45, 7) is 4.71. The molecule has 156 valence electrons. The van der Waals surface area contributed by atoms with E-state index in [4.69, 9.17) is 9.72 Å². The third-order valence-electron chi connectivity index (χ3n) is 5.04. The number of nitrogens with zero attached hydrogens (tertiary/aromatic N) is 3. The topological polar surface area (TPSA) is 45.7 Å². The van der Waals surface area contributed by atoms with Crippen LogP contribution < -0.4 is 4.90 Å². The lowest BCUT2D eigenvalue weighted by molar-refractivity contribution is -0.114. The van der Waals surface area contributed by atoms with Crippen molar-refractivity contribution >= 4 is 50.4 Å². The van der Waals surface area contributed by atoms with E-state index in [1.165, 1.54) is 4.90 Å². The van der Waals surface area contributed by atoms with Gasteiger partial charge in [-0.3, -0.25) is 14.6 Å². The molecule has 0 saturated carbocycles. The maximum atomic E-state index is 13.1. The Morgan fingerprint density at radius 1 is 1.23 bits per heavy atom. The van der Waals surface area contributed by atoms with Crippen molar-refractivity contribution in [2.75, 3.05) is 50.5 Å². The molecule has 2 heterocycles. The number of amides is 1. The third-order valence-corrected chi connectivity index (χ3v) is 6.81. The number of ether oxygens (including phenoxy) is 1. The van der Waals surface area contributed by atoms with Gasteiger partial charge in [0.15, 0.2) is 5.13 Å². The molecular weight excluding hydrogens is 414 g/mol. The summed E-state index contributed by atoms with van der Waals surface area (Å²) in [6, 6.07) is 16.1. The van der Waals surface area contributed by atoms with Gasteiger partial charge in [-0.1, -0.05) is 41.7 Å². The number of benzene rings is 2. The average Bonchev–Trinajstić information content (AvgIpc) is 3.22. The molecule has 1 aliphatic heterocycles. The van der Waals surface area contributed by atoms with Crippen LogP contribution in [0.3, 0.4) is 0 Å². The molecule has 30 heavy (non-hydrogen) atoms. The number of carbonyl (C=O) groups excluding carboxylic acids is 1. The van der Waals surface area contributed by atoms with Crippen LogP contribution in [-0.2, 0) is 9.53 Å². The first kappa shape index (κ1) is 21.1. The smallest absolute Gasteiger partial charge is 0.252 e. The maximum absolute atomic E-state index is 13.1. The molecule has 1 fully saturated rings. The van der Waals surface area contributed by atoms with Gasteiger partial charge in [-0.2, -0.15) is 0 Å². The number of fused-ring (bicyclic) bond motifs is 1. The number of anilines is 1. The molecule has 0 spiro atoms.